The van der Waals surface area contributed by atoms with Gasteiger partial charge in [0, 0.05) is 30.2 Å². The Morgan fingerprint density at radius 1 is 1.03 bits per heavy atom. The maximum Gasteiger partial charge on any atom is 0.254 e. The number of benzene rings is 2. The van der Waals surface area contributed by atoms with Crippen molar-refractivity contribution in [1.29, 1.82) is 0 Å². The van der Waals surface area contributed by atoms with E-state index in [0.29, 0.717) is 61.1 Å². The van der Waals surface area contributed by atoms with Gasteiger partial charge in [-0.2, -0.15) is 0 Å². The molecule has 2 aliphatic heterocycles. The van der Waals surface area contributed by atoms with Crippen molar-refractivity contribution >= 4 is 11.8 Å². The summed E-state index contributed by atoms with van der Waals surface area (Å²) in [5.74, 6) is 0.795. The summed E-state index contributed by atoms with van der Waals surface area (Å²) in [6.45, 7) is 1.32. The Morgan fingerprint density at radius 2 is 1.81 bits per heavy atom. The summed E-state index contributed by atoms with van der Waals surface area (Å²) in [5, 5.41) is 4.13. The summed E-state index contributed by atoms with van der Waals surface area (Å²) >= 11 is 0. The molecule has 2 amide bonds. The zero-order chi connectivity index (χ0) is 22.1. The molecular weight excluding hydrogens is 410 g/mol. The quantitative estimate of drug-likeness (QED) is 0.663. The van der Waals surface area contributed by atoms with Crippen molar-refractivity contribution in [3.63, 3.8) is 0 Å². The van der Waals surface area contributed by atoms with E-state index in [9.17, 15) is 9.59 Å². The molecular formula is C24H23N3O5. The third kappa shape index (κ3) is 3.47. The number of ether oxygens (including phenoxy) is 2. The third-order valence-corrected chi connectivity index (χ3v) is 6.08. The van der Waals surface area contributed by atoms with Gasteiger partial charge in [0.05, 0.1) is 0 Å². The monoisotopic (exact) mass is 433 g/mol. The van der Waals surface area contributed by atoms with Gasteiger partial charge in [-0.25, -0.2) is 0 Å². The first-order valence-electron chi connectivity index (χ1n) is 10.6. The maximum atomic E-state index is 13.4. The summed E-state index contributed by atoms with van der Waals surface area (Å²) in [5.41, 5.74) is 6.69. The molecule has 0 aliphatic carbocycles. The van der Waals surface area contributed by atoms with Gasteiger partial charge in [0.2, 0.25) is 5.91 Å². The summed E-state index contributed by atoms with van der Waals surface area (Å²) in [6, 6.07) is 16.5. The van der Waals surface area contributed by atoms with Crippen LogP contribution in [0.25, 0.3) is 11.3 Å². The molecule has 32 heavy (non-hydrogen) atoms. The topological polar surface area (TPSA) is 108 Å². The number of hydrogen-bond donors (Lipinski definition) is 1. The number of hydrogen-bond acceptors (Lipinski definition) is 6. The SMILES string of the molecule is NC(=O)C1(Cc2cc(-c3ccccc3)no2)CCCN1C(=O)c1ccc2c(c1)OCCO2. The molecule has 1 aromatic heterocycles. The van der Waals surface area contributed by atoms with Crippen LogP contribution in [0.4, 0.5) is 0 Å². The highest BCUT2D eigenvalue weighted by Crippen LogP contribution is 2.37. The van der Waals surface area contributed by atoms with Crippen LogP contribution in [0, 0.1) is 0 Å². The Morgan fingerprint density at radius 3 is 2.59 bits per heavy atom. The van der Waals surface area contributed by atoms with E-state index in [-0.39, 0.29) is 12.3 Å². The van der Waals surface area contributed by atoms with Gasteiger partial charge in [0.15, 0.2) is 11.5 Å². The molecule has 0 spiro atoms. The normalized spacial score (nSPS) is 19.7. The molecule has 5 rings (SSSR count). The zero-order valence-electron chi connectivity index (χ0n) is 17.5. The minimum atomic E-state index is -1.18. The van der Waals surface area contributed by atoms with Crippen molar-refractivity contribution in [3.8, 4) is 22.8 Å². The van der Waals surface area contributed by atoms with Gasteiger partial charge in [0.25, 0.3) is 5.91 Å². The molecule has 0 bridgehead atoms. The molecule has 3 heterocycles. The first kappa shape index (κ1) is 20.1. The number of nitrogens with zero attached hydrogens (tertiary/aromatic N) is 2. The van der Waals surface area contributed by atoms with Gasteiger partial charge in [-0.1, -0.05) is 35.5 Å². The van der Waals surface area contributed by atoms with Crippen molar-refractivity contribution in [3.05, 3.63) is 65.9 Å². The van der Waals surface area contributed by atoms with Crippen LogP contribution < -0.4 is 15.2 Å². The van der Waals surface area contributed by atoms with Crippen molar-refractivity contribution in [1.82, 2.24) is 10.1 Å². The predicted molar refractivity (Wildman–Crippen MR) is 115 cm³/mol. The summed E-state index contributed by atoms with van der Waals surface area (Å²) in [6.07, 6.45) is 1.29. The number of primary amides is 1. The summed E-state index contributed by atoms with van der Waals surface area (Å²) < 4.78 is 16.7. The average molecular weight is 433 g/mol. The first-order chi connectivity index (χ1) is 15.6. The number of carbonyl (C=O) groups excluding carboxylic acids is 2. The lowest BCUT2D eigenvalue weighted by Gasteiger charge is -2.35. The Balaban J connectivity index is 1.43. The molecule has 1 fully saturated rings. The standard InChI is InChI=1S/C24H23N3O5/c25-23(29)24(15-18-14-19(26-32-18)16-5-2-1-3-6-16)9-4-10-27(24)22(28)17-7-8-20-21(13-17)31-12-11-30-20/h1-3,5-8,13-14H,4,9-12,15H2,(H2,25,29). The minimum Gasteiger partial charge on any atom is -0.486 e. The first-order valence-corrected chi connectivity index (χ1v) is 10.6. The molecule has 164 valence electrons. The fourth-order valence-corrected chi connectivity index (χ4v) is 4.46. The number of fused-ring (bicyclic) bond motifs is 1. The lowest BCUT2D eigenvalue weighted by Crippen LogP contribution is -2.57. The van der Waals surface area contributed by atoms with Gasteiger partial charge in [-0.15, -0.1) is 0 Å². The van der Waals surface area contributed by atoms with Crippen LogP contribution in [0.2, 0.25) is 0 Å². The number of amides is 2. The van der Waals surface area contributed by atoms with Crippen LogP contribution in [0.15, 0.2) is 59.1 Å². The van der Waals surface area contributed by atoms with Crippen molar-refractivity contribution in [2.24, 2.45) is 5.73 Å². The van der Waals surface area contributed by atoms with Gasteiger partial charge in [-0.3, -0.25) is 9.59 Å². The molecule has 3 aromatic rings. The van der Waals surface area contributed by atoms with Crippen molar-refractivity contribution < 1.29 is 23.6 Å². The van der Waals surface area contributed by atoms with Gasteiger partial charge in [-0.05, 0) is 31.0 Å². The molecule has 2 aromatic carbocycles. The van der Waals surface area contributed by atoms with E-state index in [1.54, 1.807) is 29.2 Å². The Labute approximate surface area is 184 Å². The van der Waals surface area contributed by atoms with Crippen LogP contribution >= 0.6 is 0 Å². The number of rotatable bonds is 5. The lowest BCUT2D eigenvalue weighted by molar-refractivity contribution is -0.127. The van der Waals surface area contributed by atoms with E-state index in [1.807, 2.05) is 30.3 Å². The second kappa shape index (κ2) is 8.03. The largest absolute Gasteiger partial charge is 0.486 e. The average Bonchev–Trinajstić information content (AvgIpc) is 3.47. The highest BCUT2D eigenvalue weighted by molar-refractivity contribution is 6.00. The van der Waals surface area contributed by atoms with Crippen molar-refractivity contribution in [2.75, 3.05) is 19.8 Å². The van der Waals surface area contributed by atoms with Gasteiger partial charge in [0.1, 0.15) is 30.2 Å². The molecule has 2 N–H and O–H groups in total. The van der Waals surface area contributed by atoms with Crippen LogP contribution in [-0.4, -0.2) is 47.2 Å². The molecule has 1 atom stereocenters. The van der Waals surface area contributed by atoms with E-state index in [0.717, 1.165) is 5.56 Å². The summed E-state index contributed by atoms with van der Waals surface area (Å²) in [4.78, 5) is 27.7. The van der Waals surface area contributed by atoms with E-state index in [1.165, 1.54) is 0 Å². The molecule has 8 nitrogen and oxygen atoms in total. The predicted octanol–water partition coefficient (Wildman–Crippen LogP) is 2.82. The van der Waals surface area contributed by atoms with Crippen molar-refractivity contribution in [2.45, 2.75) is 24.8 Å². The molecule has 0 radical (unpaired) electrons. The molecule has 1 unspecified atom stereocenters. The van der Waals surface area contributed by atoms with E-state index in [4.69, 9.17) is 19.7 Å². The number of likely N-dealkylation sites (tertiary alicyclic amines) is 1. The zero-order valence-corrected chi connectivity index (χ0v) is 17.5. The Bertz CT molecular complexity index is 1160. The Kier molecular flexibility index (Phi) is 5.05. The van der Waals surface area contributed by atoms with Gasteiger partial charge >= 0.3 is 0 Å². The number of nitrogens with two attached hydrogens (primary N) is 1. The fourth-order valence-electron chi connectivity index (χ4n) is 4.46. The summed E-state index contributed by atoms with van der Waals surface area (Å²) in [7, 11) is 0. The number of carbonyl (C=O) groups is 2. The smallest absolute Gasteiger partial charge is 0.254 e. The lowest BCUT2D eigenvalue weighted by atomic mass is 9.89. The maximum absolute atomic E-state index is 13.4. The van der Waals surface area contributed by atoms with Crippen LogP contribution in [0.3, 0.4) is 0 Å². The number of aromatic nitrogens is 1. The molecule has 0 saturated carbocycles. The highest BCUT2D eigenvalue weighted by Gasteiger charge is 2.49. The minimum absolute atomic E-state index is 0.165. The van der Waals surface area contributed by atoms with Crippen LogP contribution in [0.1, 0.15) is 29.0 Å². The fraction of sp³-hybridized carbons (Fsp3) is 0.292. The highest BCUT2D eigenvalue weighted by atomic mass is 16.6. The molecule has 1 saturated heterocycles. The Hall–Kier alpha value is -3.81. The third-order valence-electron chi connectivity index (χ3n) is 6.08. The van der Waals surface area contributed by atoms with E-state index < -0.39 is 11.4 Å². The van der Waals surface area contributed by atoms with Crippen LogP contribution in [-0.2, 0) is 11.2 Å². The van der Waals surface area contributed by atoms with Crippen LogP contribution in [0.5, 0.6) is 11.5 Å². The van der Waals surface area contributed by atoms with E-state index in [2.05, 4.69) is 5.16 Å². The second-order valence-corrected chi connectivity index (χ2v) is 8.04. The molecule has 8 heteroatoms. The van der Waals surface area contributed by atoms with Gasteiger partial charge < -0.3 is 24.6 Å². The van der Waals surface area contributed by atoms with E-state index >= 15 is 0 Å². The second-order valence-electron chi connectivity index (χ2n) is 8.04. The molecule has 2 aliphatic rings.